The number of aryl methyl sites for hydroxylation is 1. The lowest BCUT2D eigenvalue weighted by atomic mass is 10.1. The Balaban J connectivity index is 2.26. The summed E-state index contributed by atoms with van der Waals surface area (Å²) in [6.45, 7) is 3.44. The first kappa shape index (κ1) is 11.4. The fraction of sp³-hybridized carbons (Fsp3) is 0.231. The highest BCUT2D eigenvalue weighted by Crippen LogP contribution is 2.19. The first-order chi connectivity index (χ1) is 8.16. The maximum Gasteiger partial charge on any atom is 0.222 e. The average Bonchev–Trinajstić information content (AvgIpc) is 2.62. The first-order valence-corrected chi connectivity index (χ1v) is 5.52. The predicted octanol–water partition coefficient (Wildman–Crippen LogP) is 2.27. The van der Waals surface area contributed by atoms with Gasteiger partial charge < -0.3 is 5.32 Å². The van der Waals surface area contributed by atoms with Crippen LogP contribution >= 0.6 is 0 Å². The summed E-state index contributed by atoms with van der Waals surface area (Å²) >= 11 is 0. The summed E-state index contributed by atoms with van der Waals surface area (Å²) < 4.78 is 0. The Morgan fingerprint density at radius 3 is 2.71 bits per heavy atom. The number of nitrogens with zero attached hydrogens (tertiary/aromatic N) is 1. The van der Waals surface area contributed by atoms with Crippen LogP contribution < -0.4 is 5.32 Å². The van der Waals surface area contributed by atoms with E-state index < -0.39 is 0 Å². The third-order valence-corrected chi connectivity index (χ3v) is 2.59. The van der Waals surface area contributed by atoms with Crippen molar-refractivity contribution in [3.05, 3.63) is 47.2 Å². The van der Waals surface area contributed by atoms with Crippen LogP contribution in [0.5, 0.6) is 0 Å². The van der Waals surface area contributed by atoms with Gasteiger partial charge in [-0.1, -0.05) is 30.3 Å². The highest BCUT2D eigenvalue weighted by molar-refractivity contribution is 5.88. The first-order valence-electron chi connectivity index (χ1n) is 5.52. The van der Waals surface area contributed by atoms with Gasteiger partial charge in [-0.05, 0) is 12.5 Å². The van der Waals surface area contributed by atoms with Gasteiger partial charge in [-0.2, -0.15) is 5.10 Å². The second kappa shape index (κ2) is 4.82. The van der Waals surface area contributed by atoms with Gasteiger partial charge in [-0.3, -0.25) is 9.89 Å². The second-order valence-electron chi connectivity index (χ2n) is 4.02. The minimum atomic E-state index is -0.106. The van der Waals surface area contributed by atoms with E-state index in [1.165, 1.54) is 12.5 Å². The number of rotatable bonds is 3. The fourth-order valence-electron chi connectivity index (χ4n) is 1.74. The number of aromatic amines is 1. The average molecular weight is 229 g/mol. The van der Waals surface area contributed by atoms with Gasteiger partial charge in [0.05, 0.1) is 0 Å². The van der Waals surface area contributed by atoms with E-state index in [0.29, 0.717) is 5.82 Å². The van der Waals surface area contributed by atoms with Crippen LogP contribution in [-0.4, -0.2) is 16.1 Å². The number of aromatic nitrogens is 2. The Hall–Kier alpha value is -2.10. The third kappa shape index (κ3) is 2.72. The molecule has 0 spiro atoms. The molecule has 0 aliphatic carbocycles. The van der Waals surface area contributed by atoms with Crippen LogP contribution in [0.2, 0.25) is 0 Å². The molecule has 0 saturated carbocycles. The van der Waals surface area contributed by atoms with Gasteiger partial charge in [0.1, 0.15) is 0 Å². The predicted molar refractivity (Wildman–Crippen MR) is 66.9 cm³/mol. The van der Waals surface area contributed by atoms with E-state index in [-0.39, 0.29) is 5.91 Å². The van der Waals surface area contributed by atoms with Crippen LogP contribution in [0.1, 0.15) is 23.7 Å². The lowest BCUT2D eigenvalue weighted by molar-refractivity contribution is -0.114. The van der Waals surface area contributed by atoms with Crippen LogP contribution in [0.4, 0.5) is 5.82 Å². The molecule has 2 aromatic rings. The topological polar surface area (TPSA) is 57.8 Å². The molecule has 0 unspecified atom stereocenters. The fourth-order valence-corrected chi connectivity index (χ4v) is 1.74. The molecule has 0 saturated heterocycles. The molecule has 0 aliphatic heterocycles. The van der Waals surface area contributed by atoms with Gasteiger partial charge in [0.15, 0.2) is 5.82 Å². The molecule has 17 heavy (non-hydrogen) atoms. The molecule has 0 radical (unpaired) electrons. The zero-order chi connectivity index (χ0) is 12.3. The third-order valence-electron chi connectivity index (χ3n) is 2.59. The Kier molecular flexibility index (Phi) is 3.23. The monoisotopic (exact) mass is 229 g/mol. The zero-order valence-corrected chi connectivity index (χ0v) is 9.95. The maximum absolute atomic E-state index is 11.1. The lowest BCUT2D eigenvalue weighted by Crippen LogP contribution is -2.08. The maximum atomic E-state index is 11.1. The molecule has 0 fully saturated rings. The Morgan fingerprint density at radius 2 is 2.06 bits per heavy atom. The van der Waals surface area contributed by atoms with Crippen molar-refractivity contribution in [2.45, 2.75) is 20.3 Å². The van der Waals surface area contributed by atoms with Crippen molar-refractivity contribution in [1.82, 2.24) is 10.2 Å². The molecule has 2 rings (SSSR count). The normalized spacial score (nSPS) is 10.2. The Labute approximate surface area is 100 Å². The van der Waals surface area contributed by atoms with Gasteiger partial charge in [-0.15, -0.1) is 0 Å². The van der Waals surface area contributed by atoms with Crippen LogP contribution in [-0.2, 0) is 11.2 Å². The van der Waals surface area contributed by atoms with Crippen molar-refractivity contribution in [1.29, 1.82) is 0 Å². The number of H-pyrrole nitrogens is 1. The van der Waals surface area contributed by atoms with Gasteiger partial charge in [0.25, 0.3) is 0 Å². The van der Waals surface area contributed by atoms with Gasteiger partial charge >= 0.3 is 0 Å². The van der Waals surface area contributed by atoms with Crippen LogP contribution in [0.15, 0.2) is 30.3 Å². The summed E-state index contributed by atoms with van der Waals surface area (Å²) in [6.07, 6.45) is 0.763. The highest BCUT2D eigenvalue weighted by Gasteiger charge is 2.11. The minimum Gasteiger partial charge on any atom is -0.309 e. The molecule has 1 amide bonds. The number of carbonyl (C=O) groups excluding carboxylic acids is 1. The number of anilines is 1. The van der Waals surface area contributed by atoms with E-state index in [2.05, 4.69) is 27.6 Å². The number of carbonyl (C=O) groups is 1. The van der Waals surface area contributed by atoms with E-state index in [1.54, 1.807) is 0 Å². The lowest BCUT2D eigenvalue weighted by Gasteiger charge is -2.04. The molecule has 0 atom stereocenters. The molecule has 1 aromatic carbocycles. The van der Waals surface area contributed by atoms with Crippen molar-refractivity contribution in [3.63, 3.8) is 0 Å². The smallest absolute Gasteiger partial charge is 0.222 e. The van der Waals surface area contributed by atoms with Crippen molar-refractivity contribution in [2.24, 2.45) is 0 Å². The second-order valence-corrected chi connectivity index (χ2v) is 4.02. The van der Waals surface area contributed by atoms with Gasteiger partial charge in [-0.25, -0.2) is 0 Å². The van der Waals surface area contributed by atoms with E-state index in [4.69, 9.17) is 0 Å². The van der Waals surface area contributed by atoms with E-state index in [9.17, 15) is 4.79 Å². The summed E-state index contributed by atoms with van der Waals surface area (Å²) in [5.74, 6) is 0.518. The summed E-state index contributed by atoms with van der Waals surface area (Å²) in [4.78, 5) is 11.1. The number of benzene rings is 1. The largest absolute Gasteiger partial charge is 0.309 e. The number of amides is 1. The summed E-state index contributed by atoms with van der Waals surface area (Å²) in [7, 11) is 0. The molecule has 0 aliphatic rings. The number of hydrogen-bond donors (Lipinski definition) is 2. The van der Waals surface area contributed by atoms with Crippen molar-refractivity contribution >= 4 is 11.7 Å². The molecule has 4 heteroatoms. The Morgan fingerprint density at radius 1 is 1.35 bits per heavy atom. The minimum absolute atomic E-state index is 0.106. The summed E-state index contributed by atoms with van der Waals surface area (Å²) in [5, 5.41) is 9.73. The van der Waals surface area contributed by atoms with E-state index in [0.717, 1.165) is 17.7 Å². The van der Waals surface area contributed by atoms with E-state index in [1.807, 2.05) is 25.1 Å². The molecule has 1 aromatic heterocycles. The molecule has 4 nitrogen and oxygen atoms in total. The van der Waals surface area contributed by atoms with Gasteiger partial charge in [0, 0.05) is 24.6 Å². The SMILES string of the molecule is CC(=O)Nc1n[nH]c(C)c1Cc1ccccc1. The van der Waals surface area contributed by atoms with Crippen LogP contribution in [0.3, 0.4) is 0 Å². The number of nitrogens with one attached hydrogen (secondary N) is 2. The Bertz CT molecular complexity index is 517. The molecule has 2 N–H and O–H groups in total. The van der Waals surface area contributed by atoms with Crippen molar-refractivity contribution < 1.29 is 4.79 Å². The summed E-state index contributed by atoms with van der Waals surface area (Å²) in [6, 6.07) is 10.1. The quantitative estimate of drug-likeness (QED) is 0.848. The van der Waals surface area contributed by atoms with Crippen molar-refractivity contribution in [2.75, 3.05) is 5.32 Å². The summed E-state index contributed by atoms with van der Waals surface area (Å²) in [5.41, 5.74) is 3.22. The zero-order valence-electron chi connectivity index (χ0n) is 9.95. The van der Waals surface area contributed by atoms with Crippen LogP contribution in [0.25, 0.3) is 0 Å². The van der Waals surface area contributed by atoms with Gasteiger partial charge in [0.2, 0.25) is 5.91 Å². The van der Waals surface area contributed by atoms with Crippen molar-refractivity contribution in [3.8, 4) is 0 Å². The molecule has 1 heterocycles. The number of hydrogen-bond acceptors (Lipinski definition) is 2. The molecule has 0 bridgehead atoms. The van der Waals surface area contributed by atoms with Crippen LogP contribution in [0, 0.1) is 6.92 Å². The molecular formula is C13H15N3O. The highest BCUT2D eigenvalue weighted by atomic mass is 16.1. The molecule has 88 valence electrons. The van der Waals surface area contributed by atoms with E-state index >= 15 is 0 Å². The molecular weight excluding hydrogens is 214 g/mol. The standard InChI is InChI=1S/C13H15N3O/c1-9-12(8-11-6-4-3-5-7-11)13(16-15-9)14-10(2)17/h3-7H,8H2,1-2H3,(H2,14,15,16,17).